The smallest absolute Gasteiger partial charge is 0.224 e. The Labute approximate surface area is 108 Å². The average Bonchev–Trinajstić information content (AvgIpc) is 2.23. The van der Waals surface area contributed by atoms with Crippen molar-refractivity contribution in [1.82, 2.24) is 14.9 Å². The lowest BCUT2D eigenvalue weighted by Crippen LogP contribution is -2.55. The van der Waals surface area contributed by atoms with Crippen molar-refractivity contribution in [2.45, 2.75) is 32.9 Å². The molecule has 5 heteroatoms. The summed E-state index contributed by atoms with van der Waals surface area (Å²) in [5.41, 5.74) is 0.916. The summed E-state index contributed by atoms with van der Waals surface area (Å²) in [7, 11) is 2.17. The molecule has 17 heavy (non-hydrogen) atoms. The van der Waals surface area contributed by atoms with Gasteiger partial charge in [-0.05, 0) is 39.4 Å². The molecule has 0 aromatic carbocycles. The minimum atomic E-state index is 0.333. The average molecular weight is 255 g/mol. The van der Waals surface area contributed by atoms with Crippen LogP contribution < -0.4 is 4.90 Å². The Bertz CT molecular complexity index is 377. The largest absolute Gasteiger partial charge is 0.353 e. The van der Waals surface area contributed by atoms with E-state index in [1.54, 1.807) is 0 Å². The number of piperazine rings is 1. The van der Waals surface area contributed by atoms with E-state index in [1.807, 2.05) is 13.0 Å². The molecule has 2 heterocycles. The molecule has 0 saturated carbocycles. The quantitative estimate of drug-likeness (QED) is 0.718. The van der Waals surface area contributed by atoms with E-state index in [9.17, 15) is 0 Å². The number of halogens is 1. The van der Waals surface area contributed by atoms with E-state index in [4.69, 9.17) is 11.6 Å². The Kier molecular flexibility index (Phi) is 3.54. The van der Waals surface area contributed by atoms with E-state index in [2.05, 4.69) is 40.7 Å². The highest BCUT2D eigenvalue weighted by Crippen LogP contribution is 2.21. The summed E-state index contributed by atoms with van der Waals surface area (Å²) in [5.74, 6) is 0.939. The number of aromatic nitrogens is 2. The maximum atomic E-state index is 5.91. The number of nitrogens with zero attached hydrogens (tertiary/aromatic N) is 4. The zero-order valence-electron chi connectivity index (χ0n) is 10.8. The molecule has 1 fully saturated rings. The maximum absolute atomic E-state index is 5.91. The van der Waals surface area contributed by atoms with Gasteiger partial charge in [-0.2, -0.15) is 0 Å². The fraction of sp³-hybridized carbons (Fsp3) is 0.667. The molecule has 0 bridgehead atoms. The second-order valence-electron chi connectivity index (χ2n) is 4.91. The summed E-state index contributed by atoms with van der Waals surface area (Å²) >= 11 is 5.91. The second kappa shape index (κ2) is 4.78. The molecule has 0 amide bonds. The molecule has 1 aromatic rings. The van der Waals surface area contributed by atoms with Crippen molar-refractivity contribution in [3.05, 3.63) is 17.0 Å². The van der Waals surface area contributed by atoms with E-state index in [0.717, 1.165) is 24.6 Å². The molecular weight excluding hydrogens is 236 g/mol. The molecule has 0 spiro atoms. The van der Waals surface area contributed by atoms with E-state index in [0.29, 0.717) is 17.4 Å². The third-order valence-electron chi connectivity index (χ3n) is 3.50. The lowest BCUT2D eigenvalue weighted by atomic mass is 10.1. The first kappa shape index (κ1) is 12.6. The third-order valence-corrected chi connectivity index (χ3v) is 3.67. The topological polar surface area (TPSA) is 32.3 Å². The normalized spacial score (nSPS) is 26.3. The van der Waals surface area contributed by atoms with Crippen LogP contribution in [0.4, 0.5) is 5.82 Å². The van der Waals surface area contributed by atoms with Crippen LogP contribution in [0.15, 0.2) is 6.07 Å². The van der Waals surface area contributed by atoms with E-state index in [1.165, 1.54) is 0 Å². The van der Waals surface area contributed by atoms with E-state index >= 15 is 0 Å². The number of aryl methyl sites for hydroxylation is 1. The standard InChI is InChI=1S/C12H19ClN4/c1-8-5-11(15-12(13)14-8)17-6-9(2)16(4)10(3)7-17/h5,9-10H,6-7H2,1-4H3. The van der Waals surface area contributed by atoms with Crippen LogP contribution in [-0.2, 0) is 0 Å². The van der Waals surface area contributed by atoms with Gasteiger partial charge in [0.1, 0.15) is 5.82 Å². The Morgan fingerprint density at radius 2 is 1.82 bits per heavy atom. The van der Waals surface area contributed by atoms with Crippen LogP contribution in [0.3, 0.4) is 0 Å². The molecule has 1 saturated heterocycles. The van der Waals surface area contributed by atoms with Crippen LogP contribution in [0.5, 0.6) is 0 Å². The lowest BCUT2D eigenvalue weighted by molar-refractivity contribution is 0.169. The number of hydrogen-bond donors (Lipinski definition) is 0. The summed E-state index contributed by atoms with van der Waals surface area (Å²) < 4.78 is 0. The van der Waals surface area contributed by atoms with Crippen molar-refractivity contribution in [2.75, 3.05) is 25.0 Å². The van der Waals surface area contributed by atoms with Crippen LogP contribution >= 0.6 is 11.6 Å². The van der Waals surface area contributed by atoms with Gasteiger partial charge in [-0.25, -0.2) is 9.97 Å². The van der Waals surface area contributed by atoms with Gasteiger partial charge in [0.15, 0.2) is 0 Å². The zero-order valence-corrected chi connectivity index (χ0v) is 11.6. The lowest BCUT2D eigenvalue weighted by Gasteiger charge is -2.43. The molecule has 0 radical (unpaired) electrons. The molecule has 2 unspecified atom stereocenters. The number of anilines is 1. The van der Waals surface area contributed by atoms with Gasteiger partial charge in [0, 0.05) is 36.9 Å². The van der Waals surface area contributed by atoms with Crippen LogP contribution in [0.25, 0.3) is 0 Å². The molecule has 94 valence electrons. The fourth-order valence-electron chi connectivity index (χ4n) is 2.27. The van der Waals surface area contributed by atoms with Gasteiger partial charge in [-0.15, -0.1) is 0 Å². The molecule has 0 N–H and O–H groups in total. The van der Waals surface area contributed by atoms with Crippen molar-refractivity contribution in [3.63, 3.8) is 0 Å². The summed E-state index contributed by atoms with van der Waals surface area (Å²) in [6, 6.07) is 3.04. The monoisotopic (exact) mass is 254 g/mol. The highest BCUT2D eigenvalue weighted by atomic mass is 35.5. The van der Waals surface area contributed by atoms with Gasteiger partial charge in [0.05, 0.1) is 0 Å². The summed E-state index contributed by atoms with van der Waals surface area (Å²) in [6.07, 6.45) is 0. The first-order valence-electron chi connectivity index (χ1n) is 5.95. The maximum Gasteiger partial charge on any atom is 0.224 e. The van der Waals surface area contributed by atoms with Crippen LogP contribution in [-0.4, -0.2) is 47.1 Å². The highest BCUT2D eigenvalue weighted by Gasteiger charge is 2.27. The molecule has 2 atom stereocenters. The fourth-order valence-corrected chi connectivity index (χ4v) is 2.49. The number of likely N-dealkylation sites (N-methyl/N-ethyl adjacent to an activating group) is 1. The van der Waals surface area contributed by atoms with Crippen LogP contribution in [0.1, 0.15) is 19.5 Å². The predicted molar refractivity (Wildman–Crippen MR) is 70.7 cm³/mol. The molecular formula is C12H19ClN4. The SMILES string of the molecule is Cc1cc(N2CC(C)N(C)C(C)C2)nc(Cl)n1. The molecule has 0 aliphatic carbocycles. The number of rotatable bonds is 1. The first-order chi connectivity index (χ1) is 7.97. The Morgan fingerprint density at radius 3 is 2.35 bits per heavy atom. The molecule has 4 nitrogen and oxygen atoms in total. The van der Waals surface area contributed by atoms with Gasteiger partial charge in [0.2, 0.25) is 5.28 Å². The van der Waals surface area contributed by atoms with Gasteiger partial charge < -0.3 is 4.90 Å². The van der Waals surface area contributed by atoms with Gasteiger partial charge in [-0.3, -0.25) is 4.90 Å². The summed E-state index contributed by atoms with van der Waals surface area (Å²) in [6.45, 7) is 8.37. The van der Waals surface area contributed by atoms with Gasteiger partial charge >= 0.3 is 0 Å². The summed E-state index contributed by atoms with van der Waals surface area (Å²) in [5, 5.41) is 0.333. The Morgan fingerprint density at radius 1 is 1.24 bits per heavy atom. The van der Waals surface area contributed by atoms with Crippen molar-refractivity contribution < 1.29 is 0 Å². The van der Waals surface area contributed by atoms with Crippen molar-refractivity contribution in [3.8, 4) is 0 Å². The van der Waals surface area contributed by atoms with Crippen LogP contribution in [0.2, 0.25) is 5.28 Å². The molecule has 1 aliphatic heterocycles. The first-order valence-corrected chi connectivity index (χ1v) is 6.33. The minimum absolute atomic E-state index is 0.333. The molecule has 1 aromatic heterocycles. The van der Waals surface area contributed by atoms with Crippen molar-refractivity contribution in [1.29, 1.82) is 0 Å². The van der Waals surface area contributed by atoms with E-state index < -0.39 is 0 Å². The second-order valence-corrected chi connectivity index (χ2v) is 5.24. The van der Waals surface area contributed by atoms with E-state index in [-0.39, 0.29) is 0 Å². The number of hydrogen-bond acceptors (Lipinski definition) is 4. The predicted octanol–water partition coefficient (Wildman–Crippen LogP) is 1.97. The van der Waals surface area contributed by atoms with Gasteiger partial charge in [-0.1, -0.05) is 0 Å². The molecule has 2 rings (SSSR count). The molecule has 1 aliphatic rings. The van der Waals surface area contributed by atoms with Crippen molar-refractivity contribution >= 4 is 17.4 Å². The summed E-state index contributed by atoms with van der Waals surface area (Å²) in [4.78, 5) is 13.1. The van der Waals surface area contributed by atoms with Gasteiger partial charge in [0.25, 0.3) is 0 Å². The highest BCUT2D eigenvalue weighted by molar-refractivity contribution is 6.28. The van der Waals surface area contributed by atoms with Crippen molar-refractivity contribution in [2.24, 2.45) is 0 Å². The van der Waals surface area contributed by atoms with Crippen LogP contribution in [0, 0.1) is 6.92 Å². The minimum Gasteiger partial charge on any atom is -0.353 e. The Hall–Kier alpha value is -0.870. The Balaban J connectivity index is 2.22. The third kappa shape index (κ3) is 2.69. The zero-order chi connectivity index (χ0) is 12.6.